The maximum absolute atomic E-state index is 13.7. The molecular weight excluding hydrogens is 531 g/mol. The highest BCUT2D eigenvalue weighted by Crippen LogP contribution is 2.65. The zero-order valence-corrected chi connectivity index (χ0v) is 25.2. The summed E-state index contributed by atoms with van der Waals surface area (Å²) in [7, 11) is -0.558. The SMILES string of the molecule is CC(C)C[C@H](NC(=O)[C@H](CCCNC1NN1[N+](=O)[O-])NC(=O)CCCCCO)B1O[C@@H]2C[C@@H]3C[C@@H](C3(C)C)[C@]2(C)O1. The first-order chi connectivity index (χ1) is 19.4. The van der Waals surface area contributed by atoms with Crippen molar-refractivity contribution < 1.29 is 29.0 Å². The molecule has 2 aliphatic heterocycles. The number of aliphatic hydroxyl groups is 1. The Labute approximate surface area is 243 Å². The van der Waals surface area contributed by atoms with Crippen molar-refractivity contribution in [2.24, 2.45) is 23.2 Å². The van der Waals surface area contributed by atoms with Crippen molar-refractivity contribution in [3.05, 3.63) is 10.1 Å². The van der Waals surface area contributed by atoms with E-state index in [1.165, 1.54) is 0 Å². The van der Waals surface area contributed by atoms with E-state index in [9.17, 15) is 19.7 Å². The van der Waals surface area contributed by atoms with Crippen LogP contribution in [-0.4, -0.2) is 77.3 Å². The van der Waals surface area contributed by atoms with Crippen LogP contribution in [0.1, 0.15) is 92.4 Å². The van der Waals surface area contributed by atoms with E-state index in [1.807, 2.05) is 0 Å². The van der Waals surface area contributed by atoms with Crippen LogP contribution in [-0.2, 0) is 18.9 Å². The highest BCUT2D eigenvalue weighted by molar-refractivity contribution is 6.47. The summed E-state index contributed by atoms with van der Waals surface area (Å²) >= 11 is 0. The van der Waals surface area contributed by atoms with Crippen molar-refractivity contribution in [1.29, 1.82) is 0 Å². The minimum Gasteiger partial charge on any atom is -0.404 e. The molecule has 0 spiro atoms. The van der Waals surface area contributed by atoms with Crippen molar-refractivity contribution in [2.75, 3.05) is 13.2 Å². The molecule has 13 nitrogen and oxygen atoms in total. The molecule has 3 aliphatic carbocycles. The van der Waals surface area contributed by atoms with Gasteiger partial charge in [0.15, 0.2) is 5.03 Å². The summed E-state index contributed by atoms with van der Waals surface area (Å²) in [4.78, 5) is 37.2. The lowest BCUT2D eigenvalue weighted by molar-refractivity contribution is -0.627. The van der Waals surface area contributed by atoms with Crippen LogP contribution < -0.4 is 21.4 Å². The lowest BCUT2D eigenvalue weighted by Gasteiger charge is -2.64. The number of nitrogens with zero attached hydrogens (tertiary/aromatic N) is 2. The van der Waals surface area contributed by atoms with Crippen LogP contribution in [0, 0.1) is 33.3 Å². The van der Waals surface area contributed by atoms with Gasteiger partial charge < -0.3 is 25.0 Å². The van der Waals surface area contributed by atoms with Crippen LogP contribution in [0.5, 0.6) is 0 Å². The average molecular weight is 581 g/mol. The number of hydrogen-bond donors (Lipinski definition) is 5. The highest BCUT2D eigenvalue weighted by atomic mass is 16.7. The van der Waals surface area contributed by atoms with Crippen LogP contribution in [0.4, 0.5) is 0 Å². The number of unbranched alkanes of at least 4 members (excludes halogenated alkanes) is 2. The van der Waals surface area contributed by atoms with Crippen molar-refractivity contribution >= 4 is 18.9 Å². The topological polar surface area (TPSA) is 177 Å². The van der Waals surface area contributed by atoms with Crippen LogP contribution in [0.3, 0.4) is 0 Å². The van der Waals surface area contributed by atoms with Gasteiger partial charge in [0.1, 0.15) is 6.04 Å². The van der Waals surface area contributed by atoms with Crippen molar-refractivity contribution in [3.63, 3.8) is 0 Å². The van der Waals surface area contributed by atoms with Gasteiger partial charge in [-0.25, -0.2) is 10.1 Å². The summed E-state index contributed by atoms with van der Waals surface area (Å²) < 4.78 is 13.2. The summed E-state index contributed by atoms with van der Waals surface area (Å²) in [5.74, 6) is 0.460. The summed E-state index contributed by atoms with van der Waals surface area (Å²) in [5, 5.41) is 29.2. The smallest absolute Gasteiger partial charge is 0.404 e. The molecule has 0 aromatic rings. The van der Waals surface area contributed by atoms with Crippen LogP contribution in [0.2, 0.25) is 0 Å². The maximum atomic E-state index is 13.7. The Morgan fingerprint density at radius 3 is 2.56 bits per heavy atom. The molecule has 0 aromatic carbocycles. The molecule has 41 heavy (non-hydrogen) atoms. The minimum atomic E-state index is -0.762. The van der Waals surface area contributed by atoms with Gasteiger partial charge in [0.25, 0.3) is 0 Å². The predicted octanol–water partition coefficient (Wildman–Crippen LogP) is 1.49. The van der Waals surface area contributed by atoms with Crippen LogP contribution in [0.25, 0.3) is 0 Å². The molecule has 14 heteroatoms. The second kappa shape index (κ2) is 13.1. The first-order valence-electron chi connectivity index (χ1n) is 15.3. The third kappa shape index (κ3) is 7.33. The summed E-state index contributed by atoms with van der Waals surface area (Å²) in [6, 6.07) is -0.762. The van der Waals surface area contributed by atoms with E-state index in [0.29, 0.717) is 50.5 Å². The van der Waals surface area contributed by atoms with Gasteiger partial charge in [-0.3, -0.25) is 14.9 Å². The molecule has 2 amide bonds. The van der Waals surface area contributed by atoms with Gasteiger partial charge in [0.2, 0.25) is 18.1 Å². The number of carbonyl (C=O) groups excluding carboxylic acids is 2. The Morgan fingerprint density at radius 1 is 1.17 bits per heavy atom. The molecule has 232 valence electrons. The third-order valence-electron chi connectivity index (χ3n) is 9.68. The van der Waals surface area contributed by atoms with Gasteiger partial charge >= 0.3 is 7.12 Å². The van der Waals surface area contributed by atoms with Gasteiger partial charge in [0, 0.05) is 13.0 Å². The number of amides is 2. The van der Waals surface area contributed by atoms with E-state index >= 15 is 0 Å². The molecule has 2 bridgehead atoms. The summed E-state index contributed by atoms with van der Waals surface area (Å²) in [6.45, 7) is 11.5. The molecule has 5 rings (SSSR count). The van der Waals surface area contributed by atoms with Crippen molar-refractivity contribution in [3.8, 4) is 0 Å². The minimum absolute atomic E-state index is 0.00565. The Morgan fingerprint density at radius 2 is 1.93 bits per heavy atom. The Bertz CT molecular complexity index is 957. The number of rotatable bonds is 17. The number of carbonyl (C=O) groups is 2. The molecule has 2 heterocycles. The first-order valence-corrected chi connectivity index (χ1v) is 15.3. The second-order valence-corrected chi connectivity index (χ2v) is 13.4. The Hall–Kier alpha value is -2.00. The monoisotopic (exact) mass is 580 g/mol. The lowest BCUT2D eigenvalue weighted by atomic mass is 9.43. The van der Waals surface area contributed by atoms with Gasteiger partial charge in [-0.1, -0.05) is 34.1 Å². The number of nitro groups is 1. The molecule has 2 saturated heterocycles. The second-order valence-electron chi connectivity index (χ2n) is 13.4. The molecule has 5 fully saturated rings. The maximum Gasteiger partial charge on any atom is 0.481 e. The fraction of sp³-hybridized carbons (Fsp3) is 0.926. The normalized spacial score (nSPS) is 30.8. The van der Waals surface area contributed by atoms with E-state index in [-0.39, 0.29) is 53.8 Å². The summed E-state index contributed by atoms with van der Waals surface area (Å²) in [6.07, 6.45) is 5.41. The predicted molar refractivity (Wildman–Crippen MR) is 152 cm³/mol. The standard InChI is InChI=1S/C27H49BN6O7/c1-17(2)14-22(28-40-21-16-18-15-20(26(18,3)4)27(21,5)41-28)31-24(37)19(30-23(36)11-7-6-8-13-35)10-9-12-29-25-32-33(25)34(38)39/h17-22,25,29,32,35H,6-16H2,1-5H3,(H,30,36)(H,31,37)/t18-,19-,20-,21+,22-,25?,27-,33?/m0/s1. The summed E-state index contributed by atoms with van der Waals surface area (Å²) in [5.41, 5.74) is 2.42. The van der Waals surface area contributed by atoms with Crippen LogP contribution >= 0.6 is 0 Å². The molecule has 5 N–H and O–H groups in total. The zero-order valence-electron chi connectivity index (χ0n) is 25.2. The average Bonchev–Trinajstić information content (AvgIpc) is 3.59. The molecule has 1 unspecified atom stereocenters. The van der Waals surface area contributed by atoms with Crippen molar-refractivity contribution in [2.45, 2.75) is 122 Å². The molecular formula is C27H49BN6O7. The quantitative estimate of drug-likeness (QED) is 0.0557. The Balaban J connectivity index is 1.37. The van der Waals surface area contributed by atoms with Gasteiger partial charge in [0.05, 0.1) is 17.6 Å². The fourth-order valence-electron chi connectivity index (χ4n) is 7.12. The van der Waals surface area contributed by atoms with Gasteiger partial charge in [-0.15, -0.1) is 5.43 Å². The van der Waals surface area contributed by atoms with Gasteiger partial charge in [-0.05, 0) is 86.7 Å². The lowest BCUT2D eigenvalue weighted by Crippen LogP contribution is -2.65. The van der Waals surface area contributed by atoms with E-state index < -0.39 is 24.5 Å². The fourth-order valence-corrected chi connectivity index (χ4v) is 7.12. The number of hydrogen-bond acceptors (Lipinski definition) is 9. The largest absolute Gasteiger partial charge is 0.481 e. The molecule has 0 radical (unpaired) electrons. The van der Waals surface area contributed by atoms with E-state index in [4.69, 9.17) is 14.4 Å². The van der Waals surface area contributed by atoms with Crippen LogP contribution in [0.15, 0.2) is 0 Å². The Kier molecular flexibility index (Phi) is 10.2. The number of nitrogens with one attached hydrogen (secondary N) is 4. The number of hydrazine groups is 2. The van der Waals surface area contributed by atoms with E-state index in [2.05, 4.69) is 56.0 Å². The van der Waals surface area contributed by atoms with Gasteiger partial charge in [-0.2, -0.15) is 0 Å². The molecule has 7 atom stereocenters. The first kappa shape index (κ1) is 31.9. The molecule has 5 aliphatic rings. The third-order valence-corrected chi connectivity index (χ3v) is 9.68. The van der Waals surface area contributed by atoms with Crippen molar-refractivity contribution in [1.82, 2.24) is 26.5 Å². The highest BCUT2D eigenvalue weighted by Gasteiger charge is 2.68. The zero-order chi connectivity index (χ0) is 29.9. The number of aliphatic hydroxyl groups excluding tert-OH is 1. The van der Waals surface area contributed by atoms with E-state index in [0.717, 1.165) is 24.4 Å². The molecule has 0 aromatic heterocycles. The molecule has 3 saturated carbocycles. The van der Waals surface area contributed by atoms with E-state index in [1.54, 1.807) is 0 Å².